The molecule has 2 saturated heterocycles. The average Bonchev–Trinajstić information content (AvgIpc) is 3.34. The number of nitrogens with one attached hydrogen (secondary N) is 1. The fourth-order valence-corrected chi connectivity index (χ4v) is 6.43. The summed E-state index contributed by atoms with van der Waals surface area (Å²) >= 11 is 0. The van der Waals surface area contributed by atoms with Gasteiger partial charge in [-0.15, -0.1) is 0 Å². The van der Waals surface area contributed by atoms with Gasteiger partial charge in [0.1, 0.15) is 54.6 Å². The molecule has 18 heteroatoms. The van der Waals surface area contributed by atoms with Gasteiger partial charge in [-0.2, -0.15) is 0 Å². The molecule has 0 bridgehead atoms. The molecule has 0 spiro atoms. The van der Waals surface area contributed by atoms with E-state index in [2.05, 4.69) is 5.32 Å². The number of aliphatic hydroxyl groups excluding tert-OH is 6. The summed E-state index contributed by atoms with van der Waals surface area (Å²) < 4.78 is 35.9. The van der Waals surface area contributed by atoms with Gasteiger partial charge in [-0.25, -0.2) is 0 Å². The summed E-state index contributed by atoms with van der Waals surface area (Å²) in [5.74, 6) is 0.193. The van der Waals surface area contributed by atoms with Crippen LogP contribution in [0.15, 0.2) is 11.8 Å². The van der Waals surface area contributed by atoms with E-state index in [9.17, 15) is 30.6 Å². The number of ether oxygens (including phenoxy) is 6. The lowest BCUT2D eigenvalue weighted by molar-refractivity contribution is -0.283. The van der Waals surface area contributed by atoms with E-state index in [0.29, 0.717) is 38.0 Å². The second-order valence-corrected chi connectivity index (χ2v) is 12.6. The van der Waals surface area contributed by atoms with Gasteiger partial charge in [-0.1, -0.05) is 0 Å². The Morgan fingerprint density at radius 3 is 2.20 bits per heavy atom. The van der Waals surface area contributed by atoms with Gasteiger partial charge >= 0.3 is 0 Å². The van der Waals surface area contributed by atoms with Crippen molar-refractivity contribution in [3.63, 3.8) is 0 Å². The molecule has 4 rings (SSSR count). The van der Waals surface area contributed by atoms with Crippen molar-refractivity contribution in [1.82, 2.24) is 5.32 Å². The smallest absolute Gasteiger partial charge is 0.215 e. The monoisotopic (exact) mass is 666 g/mol. The lowest BCUT2D eigenvalue weighted by Gasteiger charge is -2.46. The molecule has 3 aliphatic heterocycles. The maximum absolute atomic E-state index is 11.6. The highest BCUT2D eigenvalue weighted by atomic mass is 16.8. The molecule has 0 radical (unpaired) electrons. The molecule has 1 saturated carbocycles. The van der Waals surface area contributed by atoms with Crippen LogP contribution in [0.4, 0.5) is 0 Å². The first-order chi connectivity index (χ1) is 21.9. The first-order valence-electron chi connectivity index (χ1n) is 15.9. The van der Waals surface area contributed by atoms with Gasteiger partial charge in [0.15, 0.2) is 12.6 Å². The van der Waals surface area contributed by atoms with Crippen LogP contribution in [0.1, 0.15) is 25.7 Å². The molecule has 268 valence electrons. The predicted octanol–water partition coefficient (Wildman–Crippen LogP) is -6.06. The van der Waals surface area contributed by atoms with Crippen molar-refractivity contribution in [1.29, 1.82) is 0 Å². The maximum Gasteiger partial charge on any atom is 0.215 e. The molecule has 0 aromatic rings. The quantitative estimate of drug-likeness (QED) is 0.0820. The summed E-state index contributed by atoms with van der Waals surface area (Å²) in [6, 6.07) is -2.44. The van der Waals surface area contributed by atoms with E-state index >= 15 is 0 Å². The Labute approximate surface area is 268 Å². The molecule has 1 unspecified atom stereocenters. The third-order valence-electron chi connectivity index (χ3n) is 9.19. The maximum atomic E-state index is 11.6. The Hall–Kier alpha value is -1.14. The molecular weight excluding hydrogens is 612 g/mol. The molecule has 3 heterocycles. The minimum atomic E-state index is -1.55. The molecule has 3 fully saturated rings. The number of rotatable bonds is 14. The number of hydrogen-bond donors (Lipinski definition) is 12. The van der Waals surface area contributed by atoms with Crippen LogP contribution in [0.2, 0.25) is 0 Å². The Bertz CT molecular complexity index is 972. The zero-order valence-electron chi connectivity index (χ0n) is 26.1. The number of aliphatic hydroxyl groups is 6. The van der Waals surface area contributed by atoms with E-state index in [1.165, 1.54) is 0 Å². The molecule has 0 aromatic carbocycles. The molecule has 0 aromatic heterocycles. The normalized spacial score (nSPS) is 45.7. The van der Waals surface area contributed by atoms with Crippen molar-refractivity contribution in [2.45, 2.75) is 124 Å². The molecule has 46 heavy (non-hydrogen) atoms. The summed E-state index contributed by atoms with van der Waals surface area (Å²) in [4.78, 5) is 0. The Balaban J connectivity index is 1.53. The minimum absolute atomic E-state index is 0.0579. The first-order valence-corrected chi connectivity index (χ1v) is 15.9. The van der Waals surface area contributed by atoms with Crippen LogP contribution in [0.3, 0.4) is 0 Å². The van der Waals surface area contributed by atoms with Crippen LogP contribution in [-0.2, 0) is 28.4 Å². The van der Waals surface area contributed by atoms with Gasteiger partial charge in [-0.05, 0) is 44.7 Å². The predicted molar refractivity (Wildman–Crippen MR) is 160 cm³/mol. The van der Waals surface area contributed by atoms with Gasteiger partial charge < -0.3 is 93.0 Å². The zero-order valence-corrected chi connectivity index (χ0v) is 26.1. The Morgan fingerprint density at radius 1 is 0.870 bits per heavy atom. The van der Waals surface area contributed by atoms with Crippen LogP contribution in [0.25, 0.3) is 0 Å². The molecule has 1 aliphatic carbocycles. The lowest BCUT2D eigenvalue weighted by Crippen LogP contribution is -2.64. The Kier molecular flexibility index (Phi) is 13.9. The third-order valence-corrected chi connectivity index (χ3v) is 9.19. The van der Waals surface area contributed by atoms with Crippen molar-refractivity contribution < 1.29 is 59.1 Å². The van der Waals surface area contributed by atoms with Crippen molar-refractivity contribution >= 4 is 0 Å². The SMILES string of the molecule is CNCC1=CC[C@@H](N)[C@@H](O[C@H]2[C@H](O[C@@H]3O[C@H](CO)[C@@H](O[C@H]4O[C@@H](CN)[C@@H](O)[C@H](O)[C@H]4N)[C@H]3O)[C@@H](O)[C@H](CCC(O)CN)C[C@@H]2N)O1. The molecular formula is C28H54N6O12. The number of hydrogen-bond acceptors (Lipinski definition) is 18. The second-order valence-electron chi connectivity index (χ2n) is 12.6. The molecule has 17 N–H and O–H groups in total. The van der Waals surface area contributed by atoms with Crippen LogP contribution in [-0.4, -0.2) is 162 Å². The van der Waals surface area contributed by atoms with E-state index in [1.54, 1.807) is 7.05 Å². The average molecular weight is 667 g/mol. The topological polar surface area (TPSA) is 319 Å². The summed E-state index contributed by atoms with van der Waals surface area (Å²) in [6.45, 7) is -0.246. The molecule has 18 nitrogen and oxygen atoms in total. The molecule has 17 atom stereocenters. The van der Waals surface area contributed by atoms with Gasteiger partial charge in [0.25, 0.3) is 0 Å². The standard InChI is InChI=1S/C28H54N6O12/c1-34-9-13-4-5-14(31)26(41-13)44-23-15(32)6-11(2-3-12(36)7-29)19(37)25(23)46-28-22(40)24(17(10-35)43-28)45-27-18(33)21(39)20(38)16(8-30)42-27/h4,11-12,14-28,34-40H,2-3,5-10,29-33H2,1H3/t11-,12?,14-,15+,16+,17-,18-,19+,20-,21-,22-,23-,24-,25-,26-,27-,28+/m1/s1. The van der Waals surface area contributed by atoms with E-state index in [0.717, 1.165) is 0 Å². The van der Waals surface area contributed by atoms with Crippen molar-refractivity contribution in [3.8, 4) is 0 Å². The lowest BCUT2D eigenvalue weighted by atomic mass is 9.77. The fourth-order valence-electron chi connectivity index (χ4n) is 6.43. The van der Waals surface area contributed by atoms with Crippen molar-refractivity contribution in [2.75, 3.05) is 33.3 Å². The fraction of sp³-hybridized carbons (Fsp3) is 0.929. The van der Waals surface area contributed by atoms with Crippen LogP contribution in [0.5, 0.6) is 0 Å². The summed E-state index contributed by atoms with van der Waals surface area (Å²) in [5.41, 5.74) is 30.2. The highest BCUT2D eigenvalue weighted by Gasteiger charge is 2.53. The van der Waals surface area contributed by atoms with Crippen LogP contribution < -0.4 is 34.0 Å². The van der Waals surface area contributed by atoms with E-state index < -0.39 is 111 Å². The number of nitrogens with two attached hydrogens (primary N) is 5. The highest BCUT2D eigenvalue weighted by Crippen LogP contribution is 2.37. The van der Waals surface area contributed by atoms with Gasteiger partial charge in [0.05, 0.1) is 37.4 Å². The van der Waals surface area contributed by atoms with Crippen LogP contribution >= 0.6 is 0 Å². The Morgan fingerprint density at radius 2 is 1.54 bits per heavy atom. The summed E-state index contributed by atoms with van der Waals surface area (Å²) in [5, 5.41) is 66.7. The largest absolute Gasteiger partial charge is 0.467 e. The third kappa shape index (κ3) is 8.52. The molecule has 4 aliphatic rings. The second kappa shape index (κ2) is 17.0. The van der Waals surface area contributed by atoms with Crippen molar-refractivity contribution in [2.24, 2.45) is 34.6 Å². The number of likely N-dealkylation sites (N-methyl/N-ethyl adjacent to an activating group) is 1. The minimum Gasteiger partial charge on any atom is -0.467 e. The van der Waals surface area contributed by atoms with Crippen molar-refractivity contribution in [3.05, 3.63) is 11.8 Å². The van der Waals surface area contributed by atoms with E-state index in [1.807, 2.05) is 6.08 Å². The summed E-state index contributed by atoms with van der Waals surface area (Å²) in [7, 11) is 1.77. The van der Waals surface area contributed by atoms with Crippen LogP contribution in [0, 0.1) is 5.92 Å². The summed E-state index contributed by atoms with van der Waals surface area (Å²) in [6.07, 6.45) is -12.2. The van der Waals surface area contributed by atoms with Gasteiger partial charge in [0.2, 0.25) is 6.29 Å². The zero-order chi connectivity index (χ0) is 33.7. The van der Waals surface area contributed by atoms with E-state index in [-0.39, 0.29) is 13.1 Å². The molecule has 0 amide bonds. The first kappa shape index (κ1) is 37.7. The highest BCUT2D eigenvalue weighted by molar-refractivity contribution is 5.04. The van der Waals surface area contributed by atoms with E-state index in [4.69, 9.17) is 57.1 Å². The van der Waals surface area contributed by atoms with Gasteiger partial charge in [-0.3, -0.25) is 0 Å². The van der Waals surface area contributed by atoms with Gasteiger partial charge in [0, 0.05) is 19.1 Å².